The van der Waals surface area contributed by atoms with Crippen LogP contribution < -0.4 is 5.32 Å². The van der Waals surface area contributed by atoms with E-state index in [1.54, 1.807) is 10.4 Å². The van der Waals surface area contributed by atoms with E-state index in [-0.39, 0.29) is 24.9 Å². The lowest BCUT2D eigenvalue weighted by Gasteiger charge is -2.34. The van der Waals surface area contributed by atoms with Gasteiger partial charge in [0, 0.05) is 45.2 Å². The molecule has 198 valence electrons. The Morgan fingerprint density at radius 1 is 1.11 bits per heavy atom. The number of amides is 1. The lowest BCUT2D eigenvalue weighted by atomic mass is 9.95. The van der Waals surface area contributed by atoms with E-state index < -0.39 is 22.2 Å². The number of sulfonamides is 1. The first-order valence-electron chi connectivity index (χ1n) is 11.7. The first-order chi connectivity index (χ1) is 16.3. The van der Waals surface area contributed by atoms with E-state index >= 15 is 0 Å². The Labute approximate surface area is 204 Å². The van der Waals surface area contributed by atoms with Crippen molar-refractivity contribution in [3.8, 4) is 0 Å². The molecule has 12 heteroatoms. The molecule has 3 rings (SSSR count). The van der Waals surface area contributed by atoms with Gasteiger partial charge in [-0.1, -0.05) is 37.0 Å². The third kappa shape index (κ3) is 8.46. The summed E-state index contributed by atoms with van der Waals surface area (Å²) in [5.41, 5.74) is 1.82. The van der Waals surface area contributed by atoms with Gasteiger partial charge < -0.3 is 15.3 Å². The van der Waals surface area contributed by atoms with Gasteiger partial charge in [0.05, 0.1) is 4.90 Å². The van der Waals surface area contributed by atoms with Gasteiger partial charge in [0.25, 0.3) is 0 Å². The average Bonchev–Trinajstić information content (AvgIpc) is 2.79. The fourth-order valence-electron chi connectivity index (χ4n) is 4.36. The van der Waals surface area contributed by atoms with Crippen LogP contribution in [0.5, 0.6) is 0 Å². The van der Waals surface area contributed by atoms with Gasteiger partial charge in [0.2, 0.25) is 15.9 Å². The van der Waals surface area contributed by atoms with Crippen LogP contribution in [0.25, 0.3) is 0 Å². The van der Waals surface area contributed by atoms with Crippen LogP contribution in [-0.2, 0) is 19.6 Å². The molecule has 1 saturated heterocycles. The molecule has 1 aliphatic heterocycles. The van der Waals surface area contributed by atoms with Crippen LogP contribution in [-0.4, -0.2) is 79.5 Å². The van der Waals surface area contributed by atoms with Crippen LogP contribution in [0.1, 0.15) is 49.7 Å². The van der Waals surface area contributed by atoms with Gasteiger partial charge in [-0.3, -0.25) is 4.79 Å². The zero-order chi connectivity index (χ0) is 26.2. The number of benzene rings is 1. The number of hydrogen-bond acceptors (Lipinski definition) is 5. The van der Waals surface area contributed by atoms with Gasteiger partial charge in [-0.15, -0.1) is 0 Å². The molecule has 1 amide bonds. The van der Waals surface area contributed by atoms with Crippen LogP contribution in [0.2, 0.25) is 0 Å². The van der Waals surface area contributed by atoms with Crippen molar-refractivity contribution >= 4 is 21.9 Å². The molecule has 2 fully saturated rings. The second kappa shape index (κ2) is 12.7. The minimum atomic E-state index is -5.08. The van der Waals surface area contributed by atoms with E-state index in [1.807, 2.05) is 30.9 Å². The number of aliphatic carboxylic acids is 1. The maximum atomic E-state index is 13.5. The lowest BCUT2D eigenvalue weighted by Crippen LogP contribution is -2.48. The van der Waals surface area contributed by atoms with Crippen molar-refractivity contribution < 1.29 is 36.3 Å². The van der Waals surface area contributed by atoms with E-state index in [0.717, 1.165) is 56.3 Å². The Morgan fingerprint density at radius 2 is 1.69 bits per heavy atom. The maximum Gasteiger partial charge on any atom is 0.490 e. The summed E-state index contributed by atoms with van der Waals surface area (Å²) < 4.78 is 60.5. The number of carboxylic acid groups (broad SMARTS) is 1. The number of piperazine rings is 1. The third-order valence-electron chi connectivity index (χ3n) is 6.16. The fourth-order valence-corrected chi connectivity index (χ4v) is 6.25. The van der Waals surface area contributed by atoms with Crippen LogP contribution in [0.15, 0.2) is 23.1 Å². The molecule has 0 aromatic heterocycles. The molecule has 1 aliphatic carbocycles. The van der Waals surface area contributed by atoms with Crippen LogP contribution >= 0.6 is 0 Å². The molecule has 2 aliphatic rings. The smallest absolute Gasteiger partial charge is 0.475 e. The molecule has 1 heterocycles. The minimum Gasteiger partial charge on any atom is -0.475 e. The molecule has 0 unspecified atom stereocenters. The number of nitrogens with one attached hydrogen (secondary N) is 1. The molecular formula is C23H34F3N3O5S. The highest BCUT2D eigenvalue weighted by Gasteiger charge is 2.38. The first kappa shape index (κ1) is 29.1. The van der Waals surface area contributed by atoms with Crippen LogP contribution in [0.3, 0.4) is 0 Å². The van der Waals surface area contributed by atoms with E-state index in [4.69, 9.17) is 9.90 Å². The molecule has 0 spiro atoms. The summed E-state index contributed by atoms with van der Waals surface area (Å²) in [6, 6.07) is 5.48. The Kier molecular flexibility index (Phi) is 10.5. The number of alkyl halides is 3. The third-order valence-corrected chi connectivity index (χ3v) is 8.27. The second-order valence-electron chi connectivity index (χ2n) is 8.86. The predicted molar refractivity (Wildman–Crippen MR) is 124 cm³/mol. The molecule has 0 radical (unpaired) electrons. The topological polar surface area (TPSA) is 107 Å². The van der Waals surface area contributed by atoms with Crippen LogP contribution in [0.4, 0.5) is 13.2 Å². The number of halogens is 3. The summed E-state index contributed by atoms with van der Waals surface area (Å²) >= 11 is 0. The quantitative estimate of drug-likeness (QED) is 0.596. The van der Waals surface area contributed by atoms with Crippen molar-refractivity contribution in [2.45, 2.75) is 69.5 Å². The molecule has 0 bridgehead atoms. The number of carbonyl (C=O) groups excluding carboxylic acids is 1. The highest BCUT2D eigenvalue weighted by molar-refractivity contribution is 7.89. The number of nitrogens with zero attached hydrogens (tertiary/aromatic N) is 2. The Balaban J connectivity index is 0.000000540. The standard InChI is InChI=1S/C21H33N3O3S.C2HF3O2/c1-17-8-9-20(18(2)16-17)28(26,27)24(19-6-4-3-5-7-19)13-10-21(25)23-14-11-22-12-15-23;3-2(4,5)1(6)7/h8-9,16,19,22H,3-7,10-15H2,1-2H3;(H,6,7). The van der Waals surface area contributed by atoms with Gasteiger partial charge in [-0.2, -0.15) is 17.5 Å². The van der Waals surface area contributed by atoms with Crippen molar-refractivity contribution in [3.05, 3.63) is 29.3 Å². The van der Waals surface area contributed by atoms with Crippen LogP contribution in [0, 0.1) is 13.8 Å². The molecule has 0 atom stereocenters. The van der Waals surface area contributed by atoms with E-state index in [0.29, 0.717) is 18.0 Å². The first-order valence-corrected chi connectivity index (χ1v) is 13.2. The molecule has 1 aromatic rings. The highest BCUT2D eigenvalue weighted by atomic mass is 32.2. The molecule has 1 saturated carbocycles. The van der Waals surface area contributed by atoms with Crippen molar-refractivity contribution in [2.24, 2.45) is 0 Å². The number of carbonyl (C=O) groups is 2. The van der Waals surface area contributed by atoms with Crippen molar-refractivity contribution in [1.82, 2.24) is 14.5 Å². The molecular weight excluding hydrogens is 487 g/mol. The van der Waals surface area contributed by atoms with Gasteiger partial charge >= 0.3 is 12.1 Å². The SMILES string of the molecule is Cc1ccc(S(=O)(=O)N(CCC(=O)N2CCNCC2)C2CCCCC2)c(C)c1.O=C(O)C(F)(F)F. The average molecular weight is 522 g/mol. The number of aryl methyl sites for hydroxylation is 2. The van der Waals surface area contributed by atoms with Crippen molar-refractivity contribution in [1.29, 1.82) is 0 Å². The molecule has 35 heavy (non-hydrogen) atoms. The number of carboxylic acids is 1. The summed E-state index contributed by atoms with van der Waals surface area (Å²) in [6.07, 6.45) is 0.191. The molecule has 1 aromatic carbocycles. The Bertz CT molecular complexity index is 973. The minimum absolute atomic E-state index is 0.00437. The van der Waals surface area contributed by atoms with E-state index in [1.165, 1.54) is 0 Å². The Morgan fingerprint density at radius 3 is 2.20 bits per heavy atom. The number of hydrogen-bond donors (Lipinski definition) is 2. The van der Waals surface area contributed by atoms with E-state index in [2.05, 4.69) is 5.32 Å². The normalized spacial score (nSPS) is 17.6. The van der Waals surface area contributed by atoms with Gasteiger partial charge in [-0.25, -0.2) is 13.2 Å². The van der Waals surface area contributed by atoms with E-state index in [9.17, 15) is 26.4 Å². The summed E-state index contributed by atoms with van der Waals surface area (Å²) in [6.45, 7) is 7.10. The van der Waals surface area contributed by atoms with Gasteiger partial charge in [0.1, 0.15) is 0 Å². The lowest BCUT2D eigenvalue weighted by molar-refractivity contribution is -0.192. The monoisotopic (exact) mass is 521 g/mol. The zero-order valence-corrected chi connectivity index (χ0v) is 20.9. The highest BCUT2D eigenvalue weighted by Crippen LogP contribution is 2.29. The summed E-state index contributed by atoms with van der Waals surface area (Å²) in [4.78, 5) is 23.8. The second-order valence-corrected chi connectivity index (χ2v) is 10.7. The van der Waals surface area contributed by atoms with Crippen molar-refractivity contribution in [2.75, 3.05) is 32.7 Å². The van der Waals surface area contributed by atoms with Crippen molar-refractivity contribution in [3.63, 3.8) is 0 Å². The number of rotatable bonds is 6. The Hall–Kier alpha value is -2.18. The predicted octanol–water partition coefficient (Wildman–Crippen LogP) is 3.08. The zero-order valence-electron chi connectivity index (χ0n) is 20.1. The largest absolute Gasteiger partial charge is 0.490 e. The van der Waals surface area contributed by atoms with Gasteiger partial charge in [-0.05, 0) is 38.3 Å². The summed E-state index contributed by atoms with van der Waals surface area (Å²) in [5, 5.41) is 10.4. The summed E-state index contributed by atoms with van der Waals surface area (Å²) in [7, 11) is -3.62. The van der Waals surface area contributed by atoms with Gasteiger partial charge in [0.15, 0.2) is 0 Å². The summed E-state index contributed by atoms with van der Waals surface area (Å²) in [5.74, 6) is -2.70. The molecule has 2 N–H and O–H groups in total. The fraction of sp³-hybridized carbons (Fsp3) is 0.652. The maximum absolute atomic E-state index is 13.5. The molecule has 8 nitrogen and oxygen atoms in total.